The van der Waals surface area contributed by atoms with Crippen LogP contribution in [0.3, 0.4) is 0 Å². The highest BCUT2D eigenvalue weighted by Gasteiger charge is 2.20. The molecule has 276 valence electrons. The second-order valence-electron chi connectivity index (χ2n) is 13.7. The lowest BCUT2D eigenvalue weighted by Crippen LogP contribution is -2.48. The molecule has 0 spiro atoms. The molecule has 0 aromatic carbocycles. The van der Waals surface area contributed by atoms with Crippen molar-refractivity contribution in [3.63, 3.8) is 0 Å². The van der Waals surface area contributed by atoms with Crippen LogP contribution in [0.2, 0.25) is 0 Å². The zero-order valence-corrected chi connectivity index (χ0v) is 31.5. The topological polar surface area (TPSA) is 109 Å². The van der Waals surface area contributed by atoms with Crippen molar-refractivity contribution in [1.82, 2.24) is 16.0 Å². The number of allylic oxidation sites excluding steroid dienone is 2. The zero-order valence-electron chi connectivity index (χ0n) is 31.5. The summed E-state index contributed by atoms with van der Waals surface area (Å²) in [5.41, 5.74) is 5.75. The predicted molar refractivity (Wildman–Crippen MR) is 205 cm³/mol. The van der Waals surface area contributed by atoms with Gasteiger partial charge in [-0.1, -0.05) is 161 Å². The number of carbonyl (C=O) groups is 2. The molecule has 0 aromatic heterocycles. The van der Waals surface area contributed by atoms with Gasteiger partial charge < -0.3 is 21.7 Å². The maximum absolute atomic E-state index is 13.0. The van der Waals surface area contributed by atoms with Gasteiger partial charge in [0, 0.05) is 26.6 Å². The van der Waals surface area contributed by atoms with Crippen LogP contribution in [0, 0.1) is 0 Å². The van der Waals surface area contributed by atoms with Gasteiger partial charge >= 0.3 is 0 Å². The van der Waals surface area contributed by atoms with E-state index >= 15 is 0 Å². The van der Waals surface area contributed by atoms with Crippen molar-refractivity contribution in [2.45, 2.75) is 206 Å². The fourth-order valence-electron chi connectivity index (χ4n) is 5.97. The number of nitrogens with one attached hydrogen (secondary N) is 3. The van der Waals surface area contributed by atoms with Crippen molar-refractivity contribution in [3.05, 3.63) is 12.2 Å². The lowest BCUT2D eigenvalue weighted by molar-refractivity contribution is -0.129. The van der Waals surface area contributed by atoms with Crippen molar-refractivity contribution in [1.29, 1.82) is 0 Å². The van der Waals surface area contributed by atoms with Crippen LogP contribution < -0.4 is 21.7 Å². The Morgan fingerprint density at radius 3 is 1.47 bits per heavy atom. The van der Waals surface area contributed by atoms with Crippen LogP contribution in [0.4, 0.5) is 0 Å². The number of unbranched alkanes of at least 4 members (excludes halogenated alkanes) is 24. The van der Waals surface area contributed by atoms with Gasteiger partial charge in [0.25, 0.3) is 0 Å². The van der Waals surface area contributed by atoms with Gasteiger partial charge in [0.05, 0.1) is 0 Å². The van der Waals surface area contributed by atoms with Gasteiger partial charge in [-0.15, -0.1) is 0 Å². The third kappa shape index (κ3) is 33.6. The number of nitrogens with two attached hydrogens (primary N) is 1. The van der Waals surface area contributed by atoms with Gasteiger partial charge in [-0.3, -0.25) is 14.6 Å². The molecular weight excluding hydrogens is 582 g/mol. The summed E-state index contributed by atoms with van der Waals surface area (Å²) in [6.07, 6.45) is 40.1. The highest BCUT2D eigenvalue weighted by Crippen LogP contribution is 2.13. The summed E-state index contributed by atoms with van der Waals surface area (Å²) in [7, 11) is 1.62. The molecule has 0 aliphatic carbocycles. The molecule has 0 saturated heterocycles. The molecule has 0 heterocycles. The molecule has 7 nitrogen and oxygen atoms in total. The summed E-state index contributed by atoms with van der Waals surface area (Å²) in [5.74, 6) is 0.189. The molecule has 1 unspecified atom stereocenters. The Labute approximate surface area is 291 Å². The molecule has 47 heavy (non-hydrogen) atoms. The van der Waals surface area contributed by atoms with Crippen molar-refractivity contribution in [2.75, 3.05) is 20.1 Å². The van der Waals surface area contributed by atoms with E-state index in [2.05, 4.69) is 46.9 Å². The molecule has 0 aliphatic rings. The lowest BCUT2D eigenvalue weighted by atomic mass is 10.0. The van der Waals surface area contributed by atoms with Gasteiger partial charge in [0.15, 0.2) is 5.96 Å². The molecule has 0 bridgehead atoms. The molecule has 0 radical (unpaired) electrons. The SMILES string of the molecule is CCCCCCCC/C=C\CCCCCCCC(=O)NC(CCNC(N)=NC)C(=O)NCCCCCCCCCCCCCCCC. The van der Waals surface area contributed by atoms with Crippen molar-refractivity contribution in [3.8, 4) is 0 Å². The monoisotopic (exact) mass is 662 g/mol. The van der Waals surface area contributed by atoms with Crippen LogP contribution >= 0.6 is 0 Å². The summed E-state index contributed by atoms with van der Waals surface area (Å²) < 4.78 is 0. The molecule has 2 amide bonds. The van der Waals surface area contributed by atoms with Crippen molar-refractivity contribution >= 4 is 17.8 Å². The largest absolute Gasteiger partial charge is 0.370 e. The first kappa shape index (κ1) is 45.0. The first-order valence-electron chi connectivity index (χ1n) is 20.2. The first-order chi connectivity index (χ1) is 23.0. The maximum Gasteiger partial charge on any atom is 0.242 e. The first-order valence-corrected chi connectivity index (χ1v) is 20.2. The quantitative estimate of drug-likeness (QED) is 0.0235. The third-order valence-electron chi connectivity index (χ3n) is 9.13. The Morgan fingerprint density at radius 1 is 0.574 bits per heavy atom. The number of hydrogen-bond acceptors (Lipinski definition) is 3. The van der Waals surface area contributed by atoms with Crippen LogP contribution in [0.25, 0.3) is 0 Å². The number of guanidine groups is 1. The number of rotatable bonds is 35. The molecule has 7 heteroatoms. The molecule has 0 aromatic rings. The average molecular weight is 662 g/mol. The number of carbonyl (C=O) groups excluding carboxylic acids is 2. The van der Waals surface area contributed by atoms with Crippen molar-refractivity contribution < 1.29 is 9.59 Å². The van der Waals surface area contributed by atoms with Crippen LogP contribution in [0.1, 0.15) is 200 Å². The fourth-order valence-corrected chi connectivity index (χ4v) is 5.97. The van der Waals surface area contributed by atoms with Gasteiger partial charge in [0.1, 0.15) is 6.04 Å². The fraction of sp³-hybridized carbons (Fsp3) is 0.875. The molecular formula is C40H79N5O2. The summed E-state index contributed by atoms with van der Waals surface area (Å²) in [4.78, 5) is 29.5. The highest BCUT2D eigenvalue weighted by molar-refractivity contribution is 5.87. The van der Waals surface area contributed by atoms with E-state index < -0.39 is 6.04 Å². The van der Waals surface area contributed by atoms with Gasteiger partial charge in [-0.25, -0.2) is 0 Å². The third-order valence-corrected chi connectivity index (χ3v) is 9.13. The Bertz CT molecular complexity index is 755. The van der Waals surface area contributed by atoms with E-state index in [0.717, 1.165) is 38.5 Å². The Hall–Kier alpha value is -2.05. The predicted octanol–water partition coefficient (Wildman–Crippen LogP) is 10.0. The van der Waals surface area contributed by atoms with Crippen LogP contribution in [-0.2, 0) is 9.59 Å². The Kier molecular flexibility index (Phi) is 35.2. The van der Waals surface area contributed by atoms with Gasteiger partial charge in [-0.2, -0.15) is 0 Å². The van der Waals surface area contributed by atoms with Crippen LogP contribution in [-0.4, -0.2) is 44.0 Å². The summed E-state index contributed by atoms with van der Waals surface area (Å²) in [6, 6.07) is -0.561. The normalized spacial score (nSPS) is 12.4. The van der Waals surface area contributed by atoms with E-state index in [-0.39, 0.29) is 11.8 Å². The smallest absolute Gasteiger partial charge is 0.242 e. The van der Waals surface area contributed by atoms with E-state index in [0.29, 0.717) is 31.9 Å². The number of amides is 2. The second kappa shape index (κ2) is 36.8. The van der Waals surface area contributed by atoms with E-state index in [1.165, 1.54) is 135 Å². The molecule has 1 atom stereocenters. The second-order valence-corrected chi connectivity index (χ2v) is 13.7. The summed E-state index contributed by atoms with van der Waals surface area (Å²) >= 11 is 0. The number of hydrogen-bond donors (Lipinski definition) is 4. The van der Waals surface area contributed by atoms with Crippen LogP contribution in [0.5, 0.6) is 0 Å². The van der Waals surface area contributed by atoms with E-state index in [9.17, 15) is 9.59 Å². The molecule has 0 aliphatic heterocycles. The summed E-state index contributed by atoms with van der Waals surface area (Å²) in [5, 5.41) is 9.04. The highest BCUT2D eigenvalue weighted by atomic mass is 16.2. The maximum atomic E-state index is 13.0. The lowest BCUT2D eigenvalue weighted by Gasteiger charge is -2.19. The van der Waals surface area contributed by atoms with E-state index in [4.69, 9.17) is 5.73 Å². The Balaban J connectivity index is 4.02. The Morgan fingerprint density at radius 2 is 1.00 bits per heavy atom. The zero-order chi connectivity index (χ0) is 34.5. The van der Waals surface area contributed by atoms with E-state index in [1.807, 2.05) is 0 Å². The average Bonchev–Trinajstić information content (AvgIpc) is 3.07. The number of nitrogens with zero attached hydrogens (tertiary/aromatic N) is 1. The standard InChI is InChI=1S/C40H79N5O2/c1-4-6-8-10-12-14-16-18-20-21-23-25-27-29-31-33-38(46)45-37(34-36-44-40(41)42-3)39(47)43-35-32-30-28-26-24-22-19-17-15-13-11-9-7-5-2/h18,20,37H,4-17,19,21-36H2,1-3H3,(H,43,47)(H,45,46)(H3,41,42,44)/b20-18-. The minimum Gasteiger partial charge on any atom is -0.370 e. The molecule has 0 fully saturated rings. The van der Waals surface area contributed by atoms with Gasteiger partial charge in [0.2, 0.25) is 11.8 Å². The van der Waals surface area contributed by atoms with Crippen LogP contribution in [0.15, 0.2) is 17.1 Å². The minimum atomic E-state index is -0.561. The number of aliphatic imine (C=N–C) groups is 1. The minimum absolute atomic E-state index is 0.0450. The molecule has 0 rings (SSSR count). The molecule has 0 saturated carbocycles. The van der Waals surface area contributed by atoms with Crippen molar-refractivity contribution in [2.24, 2.45) is 10.7 Å². The van der Waals surface area contributed by atoms with Gasteiger partial charge in [-0.05, 0) is 44.9 Å². The molecule has 5 N–H and O–H groups in total. The van der Waals surface area contributed by atoms with E-state index in [1.54, 1.807) is 7.05 Å². The summed E-state index contributed by atoms with van der Waals surface area (Å²) in [6.45, 7) is 5.68.